The Hall–Kier alpha value is -1.89. The lowest BCUT2D eigenvalue weighted by Crippen LogP contribution is -1.71. The summed E-state index contributed by atoms with van der Waals surface area (Å²) >= 11 is 0. The smallest absolute Gasteiger partial charge is 0.301 e. The van der Waals surface area contributed by atoms with Crippen molar-refractivity contribution in [1.82, 2.24) is 4.98 Å². The van der Waals surface area contributed by atoms with Crippen LogP contribution in [0.4, 0.5) is 4.39 Å². The van der Waals surface area contributed by atoms with Gasteiger partial charge in [0.15, 0.2) is 11.7 Å². The molecule has 12 heavy (non-hydrogen) atoms. The normalized spacial score (nSPS) is 10.0. The van der Waals surface area contributed by atoms with Gasteiger partial charge in [-0.1, -0.05) is 0 Å². The number of nitrogens with zero attached hydrogens (tertiary/aromatic N) is 2. The first kappa shape index (κ1) is 6.80. The Kier molecular flexibility index (Phi) is 1.31. The van der Waals surface area contributed by atoms with Crippen molar-refractivity contribution in [3.05, 3.63) is 29.9 Å². The molecule has 0 saturated carbocycles. The van der Waals surface area contributed by atoms with Crippen molar-refractivity contribution in [2.24, 2.45) is 0 Å². The van der Waals surface area contributed by atoms with Crippen LogP contribution in [0.3, 0.4) is 0 Å². The van der Waals surface area contributed by atoms with Gasteiger partial charge in [-0.3, -0.25) is 0 Å². The van der Waals surface area contributed by atoms with E-state index in [2.05, 4.69) is 4.98 Å². The van der Waals surface area contributed by atoms with Crippen LogP contribution in [0, 0.1) is 17.1 Å². The molecular formula is C8H3FN2O. The summed E-state index contributed by atoms with van der Waals surface area (Å²) in [5.41, 5.74) is 0.791. The third kappa shape index (κ3) is 0.920. The maximum Gasteiger partial charge on any atom is 0.301 e. The van der Waals surface area contributed by atoms with Crippen LogP contribution in [0.2, 0.25) is 0 Å². The quantitative estimate of drug-likeness (QED) is 0.593. The number of hydrogen-bond donors (Lipinski definition) is 0. The minimum absolute atomic E-state index is 0.0457. The van der Waals surface area contributed by atoms with Crippen molar-refractivity contribution in [2.45, 2.75) is 0 Å². The highest BCUT2D eigenvalue weighted by Crippen LogP contribution is 2.15. The Morgan fingerprint density at radius 2 is 2.33 bits per heavy atom. The molecule has 0 aliphatic heterocycles. The highest BCUT2D eigenvalue weighted by molar-refractivity contribution is 5.72. The van der Waals surface area contributed by atoms with Gasteiger partial charge in [-0.2, -0.15) is 10.2 Å². The summed E-state index contributed by atoms with van der Waals surface area (Å²) in [6, 6.07) is 5.67. The molecule has 0 N–H and O–H groups in total. The van der Waals surface area contributed by atoms with E-state index >= 15 is 0 Å². The van der Waals surface area contributed by atoms with Gasteiger partial charge < -0.3 is 4.42 Å². The van der Waals surface area contributed by atoms with Gasteiger partial charge in [0.1, 0.15) is 11.3 Å². The molecule has 0 bridgehead atoms. The maximum absolute atomic E-state index is 12.6. The lowest BCUT2D eigenvalue weighted by molar-refractivity contribution is 0.576. The molecule has 0 fully saturated rings. The van der Waals surface area contributed by atoms with Crippen LogP contribution in [0.25, 0.3) is 11.1 Å². The van der Waals surface area contributed by atoms with E-state index in [-0.39, 0.29) is 5.89 Å². The van der Waals surface area contributed by atoms with Crippen molar-refractivity contribution in [3.63, 3.8) is 0 Å². The van der Waals surface area contributed by atoms with E-state index in [1.807, 2.05) is 0 Å². The van der Waals surface area contributed by atoms with Crippen molar-refractivity contribution in [3.8, 4) is 6.07 Å². The van der Waals surface area contributed by atoms with Crippen LogP contribution < -0.4 is 0 Å². The summed E-state index contributed by atoms with van der Waals surface area (Å²) in [7, 11) is 0. The summed E-state index contributed by atoms with van der Waals surface area (Å²) in [5.74, 6) is -0.446. The van der Waals surface area contributed by atoms with Gasteiger partial charge in [0, 0.05) is 6.07 Å². The van der Waals surface area contributed by atoms with E-state index in [1.54, 1.807) is 6.07 Å². The summed E-state index contributed by atoms with van der Waals surface area (Å²) in [4.78, 5) is 3.78. The Bertz CT molecular complexity index is 469. The van der Waals surface area contributed by atoms with E-state index in [4.69, 9.17) is 9.68 Å². The number of hydrogen-bond acceptors (Lipinski definition) is 3. The molecule has 0 aliphatic rings. The largest absolute Gasteiger partial charge is 0.428 e. The zero-order chi connectivity index (χ0) is 8.55. The molecule has 0 aliphatic carbocycles. The van der Waals surface area contributed by atoms with Gasteiger partial charge in [-0.15, -0.1) is 0 Å². The van der Waals surface area contributed by atoms with E-state index < -0.39 is 5.82 Å². The highest BCUT2D eigenvalue weighted by Gasteiger charge is 2.04. The molecule has 0 amide bonds. The second kappa shape index (κ2) is 2.31. The molecule has 4 heteroatoms. The summed E-state index contributed by atoms with van der Waals surface area (Å²) in [5, 5.41) is 8.41. The predicted molar refractivity (Wildman–Crippen MR) is 38.7 cm³/mol. The van der Waals surface area contributed by atoms with E-state index in [9.17, 15) is 4.39 Å². The molecule has 2 rings (SSSR count). The standard InChI is InChI=1S/C8H3FN2O/c9-5-1-2-6-7(3-5)12-8(4-10)11-6/h1-3H. The van der Waals surface area contributed by atoms with E-state index in [1.165, 1.54) is 18.2 Å². The van der Waals surface area contributed by atoms with Crippen molar-refractivity contribution < 1.29 is 8.81 Å². The van der Waals surface area contributed by atoms with Gasteiger partial charge in [0.2, 0.25) is 0 Å². The molecule has 0 unspecified atom stereocenters. The lowest BCUT2D eigenvalue weighted by Gasteiger charge is -1.84. The Balaban J connectivity index is 2.77. The number of nitriles is 1. The fraction of sp³-hybridized carbons (Fsp3) is 0. The monoisotopic (exact) mass is 162 g/mol. The van der Waals surface area contributed by atoms with Gasteiger partial charge in [0.25, 0.3) is 0 Å². The van der Waals surface area contributed by atoms with Gasteiger partial charge in [-0.05, 0) is 12.1 Å². The van der Waals surface area contributed by atoms with Crippen LogP contribution in [0.1, 0.15) is 5.89 Å². The van der Waals surface area contributed by atoms with Crippen LogP contribution in [0.15, 0.2) is 22.6 Å². The SMILES string of the molecule is N#Cc1nc2ccc(F)cc2o1. The number of rotatable bonds is 0. The minimum Gasteiger partial charge on any atom is -0.428 e. The fourth-order valence-corrected chi connectivity index (χ4v) is 0.946. The summed E-state index contributed by atoms with van der Waals surface area (Å²) < 4.78 is 17.5. The summed E-state index contributed by atoms with van der Waals surface area (Å²) in [6.07, 6.45) is 0. The highest BCUT2D eigenvalue weighted by atomic mass is 19.1. The molecule has 0 radical (unpaired) electrons. The van der Waals surface area contributed by atoms with Crippen molar-refractivity contribution in [2.75, 3.05) is 0 Å². The average Bonchev–Trinajstić information content (AvgIpc) is 2.46. The fourth-order valence-electron chi connectivity index (χ4n) is 0.946. The number of aromatic nitrogens is 1. The lowest BCUT2D eigenvalue weighted by atomic mass is 10.3. The minimum atomic E-state index is -0.400. The zero-order valence-electron chi connectivity index (χ0n) is 5.91. The molecular weight excluding hydrogens is 159 g/mol. The molecule has 0 atom stereocenters. The number of benzene rings is 1. The maximum atomic E-state index is 12.6. The van der Waals surface area contributed by atoms with Crippen LogP contribution >= 0.6 is 0 Å². The molecule has 3 nitrogen and oxygen atoms in total. The first-order valence-electron chi connectivity index (χ1n) is 3.26. The third-order valence-electron chi connectivity index (χ3n) is 1.45. The van der Waals surface area contributed by atoms with Crippen LogP contribution in [-0.2, 0) is 0 Å². The molecule has 1 aromatic heterocycles. The van der Waals surface area contributed by atoms with Gasteiger partial charge in [-0.25, -0.2) is 4.39 Å². The number of halogens is 1. The first-order valence-corrected chi connectivity index (χ1v) is 3.26. The van der Waals surface area contributed by atoms with Gasteiger partial charge in [0.05, 0.1) is 0 Å². The molecule has 0 spiro atoms. The Morgan fingerprint density at radius 1 is 1.50 bits per heavy atom. The molecule has 58 valence electrons. The first-order chi connectivity index (χ1) is 5.79. The third-order valence-corrected chi connectivity index (χ3v) is 1.45. The molecule has 0 saturated heterocycles. The molecule has 1 heterocycles. The second-order valence-corrected chi connectivity index (χ2v) is 2.24. The summed E-state index contributed by atoms with van der Waals surface area (Å²) in [6.45, 7) is 0. The van der Waals surface area contributed by atoms with Crippen LogP contribution in [0.5, 0.6) is 0 Å². The van der Waals surface area contributed by atoms with E-state index in [0.29, 0.717) is 11.1 Å². The zero-order valence-corrected chi connectivity index (χ0v) is 5.91. The predicted octanol–water partition coefficient (Wildman–Crippen LogP) is 1.84. The number of fused-ring (bicyclic) bond motifs is 1. The second-order valence-electron chi connectivity index (χ2n) is 2.24. The molecule has 2 aromatic rings. The average molecular weight is 162 g/mol. The molecule has 1 aromatic carbocycles. The number of oxazole rings is 1. The Morgan fingerprint density at radius 3 is 3.08 bits per heavy atom. The van der Waals surface area contributed by atoms with Crippen molar-refractivity contribution in [1.29, 1.82) is 5.26 Å². The van der Waals surface area contributed by atoms with E-state index in [0.717, 1.165) is 0 Å². The van der Waals surface area contributed by atoms with Gasteiger partial charge >= 0.3 is 5.89 Å². The van der Waals surface area contributed by atoms with Crippen LogP contribution in [-0.4, -0.2) is 4.98 Å². The van der Waals surface area contributed by atoms with Crippen molar-refractivity contribution >= 4 is 11.1 Å². The Labute approximate surface area is 67.1 Å². The topological polar surface area (TPSA) is 49.8 Å².